The molecule has 8 atom stereocenters. The maximum atomic E-state index is 19.0. The third kappa shape index (κ3) is 8.93. The van der Waals surface area contributed by atoms with Gasteiger partial charge in [-0.15, -0.1) is 0 Å². The number of alkyl halides is 2. The van der Waals surface area contributed by atoms with Gasteiger partial charge in [-0.25, -0.2) is 4.39 Å². The molecule has 12 saturated carbocycles. The van der Waals surface area contributed by atoms with E-state index in [0.29, 0.717) is 19.3 Å². The number of halogens is 2. The molecular formula is C92H85BrFNO. The van der Waals surface area contributed by atoms with E-state index >= 15 is 4.39 Å². The number of carbonyl (C=O) groups excluding carboxylic acids is 1. The summed E-state index contributed by atoms with van der Waals surface area (Å²) in [5, 5.41) is 0. The molecule has 96 heavy (non-hydrogen) atoms. The molecule has 0 aliphatic heterocycles. The molecule has 0 aromatic heterocycles. The van der Waals surface area contributed by atoms with Gasteiger partial charge in [0.1, 0.15) is 5.67 Å². The van der Waals surface area contributed by atoms with E-state index in [0.717, 1.165) is 82.7 Å². The van der Waals surface area contributed by atoms with Gasteiger partial charge < -0.3 is 4.90 Å². The van der Waals surface area contributed by atoms with Crippen LogP contribution in [0.2, 0.25) is 0 Å². The molecule has 0 radical (unpaired) electrons. The van der Waals surface area contributed by atoms with Crippen molar-refractivity contribution < 1.29 is 9.18 Å². The predicted molar refractivity (Wildman–Crippen MR) is 392 cm³/mol. The van der Waals surface area contributed by atoms with E-state index in [1.165, 1.54) is 91.6 Å². The van der Waals surface area contributed by atoms with Crippen LogP contribution in [-0.4, -0.2) is 21.4 Å². The van der Waals surface area contributed by atoms with Gasteiger partial charge in [-0.05, 0) is 233 Å². The van der Waals surface area contributed by atoms with Gasteiger partial charge >= 0.3 is 0 Å². The summed E-state index contributed by atoms with van der Waals surface area (Å²) in [5.74, 6) is 0.110. The molecule has 12 fully saturated rings. The number of nitrogens with zero attached hydrogens (tertiary/aromatic N) is 1. The number of hydrogen-bond acceptors (Lipinski definition) is 1. The van der Waals surface area contributed by atoms with Gasteiger partial charge in [-0.3, -0.25) is 4.79 Å². The Balaban J connectivity index is 0.689. The van der Waals surface area contributed by atoms with Crippen molar-refractivity contribution in [2.24, 2.45) is 0 Å². The van der Waals surface area contributed by atoms with Crippen LogP contribution in [0.15, 0.2) is 279 Å². The molecule has 4 heteroatoms. The molecule has 1 amide bonds. The summed E-state index contributed by atoms with van der Waals surface area (Å²) in [6.45, 7) is 1.80. The van der Waals surface area contributed by atoms with Crippen LogP contribution in [-0.2, 0) is 53.5 Å². The zero-order chi connectivity index (χ0) is 64.5. The maximum absolute atomic E-state index is 19.0. The van der Waals surface area contributed by atoms with E-state index in [4.69, 9.17) is 0 Å². The SMILES string of the molecule is CC(=O)N(c1ccccc1)C12CC3(c4ccccc4)CC(c4ccccc4)(CC(c4cccc(-c5cccc(C67CC8(F)CC(c9ccccc9)(CC(c9ccc(-c%10cccc(C%11%12CC%13(Br)CC(c%14ccccc%14)(CC(c%14ccccc%14)(C%13)C%11)C%12)c%10)cc9)(C8)C6)C7)c5)c4)(C3)C1)C2. The number of anilines is 1. The quantitative estimate of drug-likeness (QED) is 0.105. The molecular weight excluding hydrogens is 1230 g/mol. The van der Waals surface area contributed by atoms with Gasteiger partial charge in [0.25, 0.3) is 0 Å². The van der Waals surface area contributed by atoms with E-state index in [9.17, 15) is 4.79 Å². The highest BCUT2D eigenvalue weighted by molar-refractivity contribution is 9.10. The molecule has 0 saturated heterocycles. The lowest BCUT2D eigenvalue weighted by Gasteiger charge is -2.73. The molecule has 0 N–H and O–H groups in total. The number of carbonyl (C=O) groups is 1. The lowest BCUT2D eigenvalue weighted by atomic mass is 9.34. The van der Waals surface area contributed by atoms with Crippen molar-refractivity contribution in [3.63, 3.8) is 0 Å². The summed E-state index contributed by atoms with van der Waals surface area (Å²) in [7, 11) is 0. The maximum Gasteiger partial charge on any atom is 0.224 e. The van der Waals surface area contributed by atoms with Gasteiger partial charge in [-0.2, -0.15) is 0 Å². The number of benzene rings is 10. The van der Waals surface area contributed by atoms with E-state index in [1.54, 1.807) is 6.92 Å². The second kappa shape index (κ2) is 20.8. The predicted octanol–water partition coefficient (Wildman–Crippen LogP) is 22.1. The monoisotopic (exact) mass is 1320 g/mol. The Hall–Kier alpha value is -7.92. The largest absolute Gasteiger partial charge is 0.306 e. The van der Waals surface area contributed by atoms with Crippen molar-refractivity contribution in [2.75, 3.05) is 4.90 Å². The minimum atomic E-state index is -1.34. The van der Waals surface area contributed by atoms with Crippen molar-refractivity contribution >= 4 is 27.5 Å². The number of hydrogen-bond donors (Lipinski definition) is 0. The van der Waals surface area contributed by atoms with Crippen LogP contribution in [0.4, 0.5) is 10.1 Å². The molecule has 0 spiro atoms. The first kappa shape index (κ1) is 59.4. The second-order valence-electron chi connectivity index (χ2n) is 33.6. The average Bonchev–Trinajstić information content (AvgIpc) is 0.684. The van der Waals surface area contributed by atoms with E-state index < -0.39 is 11.2 Å². The Morgan fingerprint density at radius 3 is 0.865 bits per heavy atom. The third-order valence-corrected chi connectivity index (χ3v) is 28.2. The molecule has 0 heterocycles. The minimum Gasteiger partial charge on any atom is -0.306 e. The van der Waals surface area contributed by atoms with Gasteiger partial charge in [-0.1, -0.05) is 283 Å². The van der Waals surface area contributed by atoms with E-state index in [1.807, 2.05) is 0 Å². The number of para-hydroxylation sites is 1. The third-order valence-electron chi connectivity index (χ3n) is 27.3. The normalized spacial score (nSPS) is 35.4. The van der Waals surface area contributed by atoms with Gasteiger partial charge in [0.2, 0.25) is 5.91 Å². The molecule has 478 valence electrons. The van der Waals surface area contributed by atoms with Gasteiger partial charge in [0.05, 0.1) is 5.54 Å². The van der Waals surface area contributed by atoms with Gasteiger partial charge in [0.15, 0.2) is 0 Å². The van der Waals surface area contributed by atoms with Crippen molar-refractivity contribution in [2.45, 2.75) is 187 Å². The van der Waals surface area contributed by atoms with Crippen molar-refractivity contribution in [1.29, 1.82) is 0 Å². The Morgan fingerprint density at radius 2 is 0.531 bits per heavy atom. The first-order chi connectivity index (χ1) is 46.5. The molecule has 10 aromatic rings. The minimum absolute atomic E-state index is 0.00669. The first-order valence-electron chi connectivity index (χ1n) is 36.0. The molecule has 8 unspecified atom stereocenters. The van der Waals surface area contributed by atoms with Crippen LogP contribution in [0.25, 0.3) is 22.3 Å². The van der Waals surface area contributed by atoms with Crippen LogP contribution in [0.3, 0.4) is 0 Å². The second-order valence-corrected chi connectivity index (χ2v) is 35.3. The number of rotatable bonds is 13. The Labute approximate surface area is 576 Å². The Bertz CT molecular complexity index is 4560. The fourth-order valence-electron chi connectivity index (χ4n) is 26.0. The molecule has 12 aliphatic carbocycles. The van der Waals surface area contributed by atoms with Crippen LogP contribution in [0, 0.1) is 0 Å². The zero-order valence-electron chi connectivity index (χ0n) is 55.4. The summed E-state index contributed by atoms with van der Waals surface area (Å²) in [4.78, 5) is 16.9. The highest BCUT2D eigenvalue weighted by Crippen LogP contribution is 2.77. The fourth-order valence-corrected chi connectivity index (χ4v) is 27.6. The zero-order valence-corrected chi connectivity index (χ0v) is 57.0. The Morgan fingerprint density at radius 1 is 0.281 bits per heavy atom. The number of amides is 1. The topological polar surface area (TPSA) is 20.3 Å². The summed E-state index contributed by atoms with van der Waals surface area (Å²) in [6.07, 6.45) is 17.3. The highest BCUT2D eigenvalue weighted by Gasteiger charge is 2.73. The molecule has 2 nitrogen and oxygen atoms in total. The van der Waals surface area contributed by atoms with Crippen LogP contribution >= 0.6 is 15.9 Å². The smallest absolute Gasteiger partial charge is 0.224 e. The van der Waals surface area contributed by atoms with Crippen molar-refractivity contribution in [3.05, 3.63) is 329 Å². The van der Waals surface area contributed by atoms with Crippen LogP contribution in [0.5, 0.6) is 0 Å². The molecule has 22 rings (SSSR count). The lowest BCUT2D eigenvalue weighted by molar-refractivity contribution is -0.123. The standard InChI is InChI=1S/C92H85BrFNO/c1-66(96)95(80-39-18-7-19-40-80)92-63-87(74-32-14-5-15-33-74)54-88(64-92,75-34-16-6-17-35-75)56-89(55-87,65-92)79-38-22-25-70(47-79)69-24-21-37-78(46-69)86-52-84(73-30-12-4-13-31-73)51-85(53-86,61-91(94,60-84)62-86)76-43-41-67(42-44-76)68-23-20-36-77(45-68)83-49-81(71-26-8-2-9-27-71)48-82(50-83,58-90(93,57-81)59-83)72-28-10-3-11-29-72/h2-47H,48-65H2,1H3. The van der Waals surface area contributed by atoms with E-state index in [-0.39, 0.29) is 59.0 Å². The molecule has 12 aliphatic rings. The van der Waals surface area contributed by atoms with Crippen molar-refractivity contribution in [1.82, 2.24) is 0 Å². The van der Waals surface area contributed by atoms with Crippen LogP contribution in [0.1, 0.15) is 173 Å². The van der Waals surface area contributed by atoms with Gasteiger partial charge in [0, 0.05) is 33.2 Å². The summed E-state index contributed by atoms with van der Waals surface area (Å²) in [5.41, 5.74) is 15.1. The average molecular weight is 1320 g/mol. The molecule has 12 bridgehead atoms. The van der Waals surface area contributed by atoms with E-state index in [2.05, 4.69) is 300 Å². The summed E-state index contributed by atoms with van der Waals surface area (Å²) >= 11 is 4.57. The summed E-state index contributed by atoms with van der Waals surface area (Å²) < 4.78 is 19.1. The first-order valence-corrected chi connectivity index (χ1v) is 36.8. The van der Waals surface area contributed by atoms with Crippen LogP contribution < -0.4 is 4.90 Å². The highest BCUT2D eigenvalue weighted by atomic mass is 79.9. The lowest BCUT2D eigenvalue weighted by Crippen LogP contribution is -2.73. The Kier molecular flexibility index (Phi) is 12.9. The van der Waals surface area contributed by atoms with Crippen molar-refractivity contribution in [3.8, 4) is 22.3 Å². The summed E-state index contributed by atoms with van der Waals surface area (Å²) in [6, 6.07) is 106. The fraction of sp³-hybridized carbons (Fsp3) is 0.337. The molecule has 10 aromatic carbocycles.